The van der Waals surface area contributed by atoms with E-state index in [0.717, 1.165) is 17.7 Å². The smallest absolute Gasteiger partial charge is 0.211 e. The summed E-state index contributed by atoms with van der Waals surface area (Å²) in [6.45, 7) is 3.11. The SMILES string of the molecule is CC[n+]1cccc(/C(=C2/C=[NH+]c3ccccc32)c2c[nH]c3ccccc23)c1. The Hall–Kier alpha value is -3.46. The van der Waals surface area contributed by atoms with Crippen molar-refractivity contribution in [1.82, 2.24) is 4.98 Å². The Morgan fingerprint density at radius 2 is 1.85 bits per heavy atom. The molecule has 1 aliphatic rings. The molecule has 0 radical (unpaired) electrons. The fourth-order valence-electron chi connectivity index (χ4n) is 3.88. The zero-order valence-electron chi connectivity index (χ0n) is 15.2. The summed E-state index contributed by atoms with van der Waals surface area (Å²) < 4.78 is 2.22. The molecule has 3 nitrogen and oxygen atoms in total. The number of allylic oxidation sites excluding steroid dienone is 1. The minimum atomic E-state index is 0.947. The Labute approximate surface area is 158 Å². The highest BCUT2D eigenvalue weighted by molar-refractivity contribution is 6.24. The second-order valence-electron chi connectivity index (χ2n) is 6.79. The van der Waals surface area contributed by atoms with E-state index >= 15 is 0 Å². The van der Waals surface area contributed by atoms with Crippen molar-refractivity contribution < 1.29 is 9.56 Å². The van der Waals surface area contributed by atoms with Gasteiger partial charge in [0.1, 0.15) is 6.54 Å². The van der Waals surface area contributed by atoms with Crippen LogP contribution in [0.1, 0.15) is 23.6 Å². The molecule has 2 aromatic carbocycles. The molecule has 0 saturated carbocycles. The Balaban J connectivity index is 1.84. The lowest BCUT2D eigenvalue weighted by Crippen LogP contribution is -2.58. The predicted octanol–water partition coefficient (Wildman–Crippen LogP) is 3.23. The maximum absolute atomic E-state index is 3.44. The van der Waals surface area contributed by atoms with Crippen LogP contribution >= 0.6 is 0 Å². The van der Waals surface area contributed by atoms with E-state index in [0.29, 0.717) is 0 Å². The van der Waals surface area contributed by atoms with Crippen molar-refractivity contribution >= 4 is 34.0 Å². The topological polar surface area (TPSA) is 33.6 Å². The van der Waals surface area contributed by atoms with Crippen LogP contribution in [0, 0.1) is 0 Å². The lowest BCUT2D eigenvalue weighted by molar-refractivity contribution is -0.693. The zero-order valence-corrected chi connectivity index (χ0v) is 15.2. The number of benzene rings is 2. The van der Waals surface area contributed by atoms with Gasteiger partial charge >= 0.3 is 0 Å². The third-order valence-electron chi connectivity index (χ3n) is 5.23. The summed E-state index contributed by atoms with van der Waals surface area (Å²) in [5.74, 6) is 0. The van der Waals surface area contributed by atoms with Crippen LogP contribution in [-0.2, 0) is 6.54 Å². The molecule has 0 saturated heterocycles. The van der Waals surface area contributed by atoms with E-state index in [1.165, 1.54) is 33.2 Å². The summed E-state index contributed by atoms with van der Waals surface area (Å²) in [7, 11) is 0. The van der Waals surface area contributed by atoms with Gasteiger partial charge in [-0.2, -0.15) is 0 Å². The summed E-state index contributed by atoms with van der Waals surface area (Å²) >= 11 is 0. The third kappa shape index (κ3) is 2.59. The molecular weight excluding hydrogens is 330 g/mol. The minimum Gasteiger partial charge on any atom is -0.361 e. The van der Waals surface area contributed by atoms with Crippen LogP contribution in [0.2, 0.25) is 0 Å². The number of pyridine rings is 1. The normalized spacial score (nSPS) is 14.6. The lowest BCUT2D eigenvalue weighted by Gasteiger charge is -2.09. The van der Waals surface area contributed by atoms with E-state index in [4.69, 9.17) is 0 Å². The molecule has 0 aliphatic carbocycles. The largest absolute Gasteiger partial charge is 0.361 e. The van der Waals surface area contributed by atoms with Crippen molar-refractivity contribution in [3.63, 3.8) is 0 Å². The van der Waals surface area contributed by atoms with Gasteiger partial charge in [0.25, 0.3) is 0 Å². The number of aryl methyl sites for hydroxylation is 1. The van der Waals surface area contributed by atoms with Crippen LogP contribution < -0.4 is 9.56 Å². The Morgan fingerprint density at radius 3 is 2.78 bits per heavy atom. The van der Waals surface area contributed by atoms with E-state index < -0.39 is 0 Å². The van der Waals surface area contributed by atoms with E-state index in [9.17, 15) is 0 Å². The number of aromatic nitrogens is 2. The van der Waals surface area contributed by atoms with Crippen molar-refractivity contribution in [2.75, 3.05) is 0 Å². The number of rotatable bonds is 3. The molecule has 0 atom stereocenters. The molecule has 27 heavy (non-hydrogen) atoms. The van der Waals surface area contributed by atoms with Gasteiger partial charge < -0.3 is 4.98 Å². The average molecular weight is 351 g/mol. The zero-order chi connectivity index (χ0) is 18.2. The molecule has 3 heterocycles. The van der Waals surface area contributed by atoms with Crippen molar-refractivity contribution in [2.45, 2.75) is 13.5 Å². The third-order valence-corrected chi connectivity index (χ3v) is 5.23. The quantitative estimate of drug-likeness (QED) is 0.532. The Bertz CT molecular complexity index is 1210. The molecule has 2 N–H and O–H groups in total. The number of aromatic amines is 1. The molecule has 0 unspecified atom stereocenters. The van der Waals surface area contributed by atoms with Gasteiger partial charge in [-0.25, -0.2) is 9.56 Å². The van der Waals surface area contributed by atoms with Gasteiger partial charge in [0.05, 0.1) is 11.1 Å². The highest BCUT2D eigenvalue weighted by atomic mass is 14.9. The molecule has 3 heteroatoms. The van der Waals surface area contributed by atoms with Gasteiger partial charge in [-0.05, 0) is 25.1 Å². The van der Waals surface area contributed by atoms with Gasteiger partial charge in [0, 0.05) is 45.9 Å². The number of hydrogen-bond donors (Lipinski definition) is 2. The lowest BCUT2D eigenvalue weighted by atomic mass is 9.91. The van der Waals surface area contributed by atoms with Gasteiger partial charge in [-0.3, -0.25) is 0 Å². The summed E-state index contributed by atoms with van der Waals surface area (Å²) in [6, 6.07) is 21.3. The molecule has 0 fully saturated rings. The average Bonchev–Trinajstić information content (AvgIpc) is 3.34. The number of hydrogen-bond acceptors (Lipinski definition) is 0. The molecule has 5 rings (SSSR count). The molecule has 0 spiro atoms. The highest BCUT2D eigenvalue weighted by Gasteiger charge is 2.25. The molecular formula is C24H21N3+2. The second-order valence-corrected chi connectivity index (χ2v) is 6.79. The minimum absolute atomic E-state index is 0.947. The van der Waals surface area contributed by atoms with Crippen LogP contribution in [0.3, 0.4) is 0 Å². The monoisotopic (exact) mass is 351 g/mol. The predicted molar refractivity (Wildman–Crippen MR) is 110 cm³/mol. The highest BCUT2D eigenvalue weighted by Crippen LogP contribution is 2.36. The van der Waals surface area contributed by atoms with Gasteiger partial charge in [-0.15, -0.1) is 0 Å². The summed E-state index contributed by atoms with van der Waals surface area (Å²) in [5.41, 5.74) is 8.47. The first-order valence-electron chi connectivity index (χ1n) is 9.34. The van der Waals surface area contributed by atoms with Crippen LogP contribution in [0.25, 0.3) is 22.0 Å². The van der Waals surface area contributed by atoms with Gasteiger partial charge in [0.2, 0.25) is 5.69 Å². The number of para-hydroxylation sites is 2. The van der Waals surface area contributed by atoms with Crippen LogP contribution in [-0.4, -0.2) is 11.2 Å². The number of fused-ring (bicyclic) bond motifs is 2. The summed E-state index contributed by atoms with van der Waals surface area (Å²) in [6.07, 6.45) is 8.61. The van der Waals surface area contributed by atoms with Crippen LogP contribution in [0.5, 0.6) is 0 Å². The number of H-pyrrole nitrogens is 1. The molecule has 130 valence electrons. The molecule has 4 aromatic rings. The van der Waals surface area contributed by atoms with Crippen molar-refractivity contribution in [1.29, 1.82) is 0 Å². The molecule has 0 bridgehead atoms. The van der Waals surface area contributed by atoms with E-state index in [2.05, 4.69) is 107 Å². The van der Waals surface area contributed by atoms with Crippen molar-refractivity contribution in [3.05, 3.63) is 95.9 Å². The standard InChI is InChI=1S/C24H20N3/c1-2-27-13-7-8-17(16-27)24(20-14-25-22-11-5-3-9-18(20)22)21-15-26-23-12-6-4-10-19(21)23/h3-16,25H,2H2,1H3/q+1/p+1/b24-21+. The molecule has 1 aliphatic heterocycles. The van der Waals surface area contributed by atoms with Crippen LogP contribution in [0.15, 0.2) is 79.3 Å². The maximum Gasteiger partial charge on any atom is 0.211 e. The molecule has 0 amide bonds. The van der Waals surface area contributed by atoms with E-state index in [1.807, 2.05) is 0 Å². The van der Waals surface area contributed by atoms with Crippen molar-refractivity contribution in [3.8, 4) is 0 Å². The first-order valence-corrected chi connectivity index (χ1v) is 9.34. The molecule has 2 aromatic heterocycles. The van der Waals surface area contributed by atoms with Gasteiger partial charge in [0.15, 0.2) is 18.6 Å². The van der Waals surface area contributed by atoms with Gasteiger partial charge in [-0.1, -0.05) is 30.3 Å². The first kappa shape index (κ1) is 15.8. The fraction of sp³-hybridized carbons (Fsp3) is 0.0833. The number of nitrogens with one attached hydrogen (secondary N) is 2. The maximum atomic E-state index is 3.44. The van der Waals surface area contributed by atoms with E-state index in [1.54, 1.807) is 0 Å². The summed E-state index contributed by atoms with van der Waals surface area (Å²) in [5, 5.41) is 1.24. The van der Waals surface area contributed by atoms with Crippen molar-refractivity contribution in [2.24, 2.45) is 0 Å². The summed E-state index contributed by atoms with van der Waals surface area (Å²) in [4.78, 5) is 6.88. The first-order chi connectivity index (χ1) is 13.3. The van der Waals surface area contributed by atoms with Crippen LogP contribution in [0.4, 0.5) is 5.69 Å². The fourth-order valence-corrected chi connectivity index (χ4v) is 3.88. The van der Waals surface area contributed by atoms with E-state index in [-0.39, 0.29) is 0 Å². The Kier molecular flexibility index (Phi) is 3.72. The second kappa shape index (κ2) is 6.36. The number of nitrogens with zero attached hydrogens (tertiary/aromatic N) is 1. The Morgan fingerprint density at radius 1 is 1.00 bits per heavy atom.